The Labute approximate surface area is 131 Å². The van der Waals surface area contributed by atoms with Gasteiger partial charge in [-0.2, -0.15) is 5.10 Å². The van der Waals surface area contributed by atoms with Gasteiger partial charge in [-0.1, -0.05) is 51.1 Å². The SMILES string of the molecule is CCC(C)(C)c1ccc(/C=N/N=C(\N)c2ccccn2)cc1. The molecule has 22 heavy (non-hydrogen) atoms. The highest BCUT2D eigenvalue weighted by atomic mass is 15.2. The molecule has 0 bridgehead atoms. The predicted molar refractivity (Wildman–Crippen MR) is 92.3 cm³/mol. The van der Waals surface area contributed by atoms with Crippen LogP contribution in [-0.2, 0) is 5.41 Å². The van der Waals surface area contributed by atoms with Crippen molar-refractivity contribution in [1.29, 1.82) is 0 Å². The number of amidine groups is 1. The number of hydrogen-bond donors (Lipinski definition) is 1. The van der Waals surface area contributed by atoms with Crippen LogP contribution in [0.2, 0.25) is 0 Å². The van der Waals surface area contributed by atoms with Gasteiger partial charge in [-0.25, -0.2) is 0 Å². The average molecular weight is 294 g/mol. The summed E-state index contributed by atoms with van der Waals surface area (Å²) in [6.45, 7) is 6.69. The first-order chi connectivity index (χ1) is 10.5. The molecule has 2 rings (SSSR count). The molecule has 4 heteroatoms. The van der Waals surface area contributed by atoms with Gasteiger partial charge >= 0.3 is 0 Å². The summed E-state index contributed by atoms with van der Waals surface area (Å²) >= 11 is 0. The van der Waals surface area contributed by atoms with Crippen LogP contribution in [0.3, 0.4) is 0 Å². The van der Waals surface area contributed by atoms with Gasteiger partial charge in [0.05, 0.1) is 6.21 Å². The summed E-state index contributed by atoms with van der Waals surface area (Å²) in [5.74, 6) is 0.306. The Morgan fingerprint density at radius 1 is 1.18 bits per heavy atom. The van der Waals surface area contributed by atoms with E-state index >= 15 is 0 Å². The summed E-state index contributed by atoms with van der Waals surface area (Å²) in [5, 5.41) is 8.01. The first-order valence-corrected chi connectivity index (χ1v) is 7.41. The molecule has 0 aliphatic rings. The Kier molecular flexibility index (Phi) is 5.04. The fraction of sp³-hybridized carbons (Fsp3) is 0.278. The van der Waals surface area contributed by atoms with Crippen molar-refractivity contribution in [2.75, 3.05) is 0 Å². The van der Waals surface area contributed by atoms with Crippen LogP contribution in [0.5, 0.6) is 0 Å². The normalized spacial score (nSPS) is 12.8. The maximum absolute atomic E-state index is 5.83. The molecule has 0 amide bonds. The van der Waals surface area contributed by atoms with Gasteiger partial charge in [0.25, 0.3) is 0 Å². The van der Waals surface area contributed by atoms with Gasteiger partial charge in [-0.15, -0.1) is 5.10 Å². The van der Waals surface area contributed by atoms with Crippen LogP contribution in [0.25, 0.3) is 0 Å². The van der Waals surface area contributed by atoms with Gasteiger partial charge in [0.15, 0.2) is 5.84 Å². The van der Waals surface area contributed by atoms with Crippen molar-refractivity contribution in [2.24, 2.45) is 15.9 Å². The lowest BCUT2D eigenvalue weighted by molar-refractivity contribution is 0.506. The second-order valence-electron chi connectivity index (χ2n) is 5.80. The van der Waals surface area contributed by atoms with Crippen molar-refractivity contribution in [3.63, 3.8) is 0 Å². The van der Waals surface area contributed by atoms with Crippen LogP contribution in [-0.4, -0.2) is 17.0 Å². The molecule has 0 fully saturated rings. The summed E-state index contributed by atoms with van der Waals surface area (Å²) < 4.78 is 0. The van der Waals surface area contributed by atoms with Gasteiger partial charge in [-0.05, 0) is 35.1 Å². The van der Waals surface area contributed by atoms with E-state index in [1.807, 2.05) is 24.3 Å². The lowest BCUT2D eigenvalue weighted by Gasteiger charge is -2.23. The zero-order valence-corrected chi connectivity index (χ0v) is 13.3. The van der Waals surface area contributed by atoms with Crippen LogP contribution in [0.15, 0.2) is 58.9 Å². The number of rotatable bonds is 5. The van der Waals surface area contributed by atoms with Crippen LogP contribution in [0.4, 0.5) is 0 Å². The highest BCUT2D eigenvalue weighted by Gasteiger charge is 2.17. The first kappa shape index (κ1) is 15.9. The van der Waals surface area contributed by atoms with Crippen molar-refractivity contribution in [1.82, 2.24) is 4.98 Å². The number of pyridine rings is 1. The fourth-order valence-electron chi connectivity index (χ4n) is 1.95. The molecule has 0 aliphatic carbocycles. The minimum atomic E-state index is 0.192. The van der Waals surface area contributed by atoms with Gasteiger partial charge in [0, 0.05) is 6.20 Å². The third kappa shape index (κ3) is 4.01. The Morgan fingerprint density at radius 3 is 2.50 bits per heavy atom. The summed E-state index contributed by atoms with van der Waals surface area (Å²) in [4.78, 5) is 4.12. The van der Waals surface area contributed by atoms with Gasteiger partial charge in [-0.3, -0.25) is 4.98 Å². The zero-order chi connectivity index (χ0) is 16.0. The molecule has 0 spiro atoms. The number of hydrogen-bond acceptors (Lipinski definition) is 3. The molecule has 0 atom stereocenters. The molecular formula is C18H22N4. The molecule has 0 radical (unpaired) electrons. The topological polar surface area (TPSA) is 63.6 Å². The highest BCUT2D eigenvalue weighted by Crippen LogP contribution is 2.26. The first-order valence-electron chi connectivity index (χ1n) is 7.41. The van der Waals surface area contributed by atoms with E-state index in [0.717, 1.165) is 12.0 Å². The molecule has 1 aromatic heterocycles. The summed E-state index contributed by atoms with van der Waals surface area (Å²) in [7, 11) is 0. The molecule has 4 nitrogen and oxygen atoms in total. The molecule has 1 heterocycles. The van der Waals surface area contributed by atoms with Crippen molar-refractivity contribution in [3.05, 3.63) is 65.5 Å². The minimum Gasteiger partial charge on any atom is -0.380 e. The largest absolute Gasteiger partial charge is 0.380 e. The molecule has 1 aromatic carbocycles. The Balaban J connectivity index is 2.08. The van der Waals surface area contributed by atoms with E-state index in [1.54, 1.807) is 18.5 Å². The van der Waals surface area contributed by atoms with Gasteiger partial charge in [0.1, 0.15) is 5.69 Å². The molecule has 0 unspecified atom stereocenters. The third-order valence-electron chi connectivity index (χ3n) is 3.88. The van der Waals surface area contributed by atoms with Crippen LogP contribution in [0, 0.1) is 0 Å². The molecule has 0 saturated carbocycles. The zero-order valence-electron chi connectivity index (χ0n) is 13.3. The second kappa shape index (κ2) is 6.98. The Hall–Kier alpha value is -2.49. The Bertz CT molecular complexity index is 655. The van der Waals surface area contributed by atoms with Crippen LogP contribution < -0.4 is 5.73 Å². The highest BCUT2D eigenvalue weighted by molar-refractivity contribution is 5.95. The van der Waals surface area contributed by atoms with Crippen molar-refractivity contribution < 1.29 is 0 Å². The van der Waals surface area contributed by atoms with Crippen molar-refractivity contribution in [2.45, 2.75) is 32.6 Å². The third-order valence-corrected chi connectivity index (χ3v) is 3.88. The van der Waals surface area contributed by atoms with Gasteiger partial charge < -0.3 is 5.73 Å². The standard InChI is InChI=1S/C18H22N4/c1-4-18(2,3)15-10-8-14(9-11-15)13-21-22-17(19)16-7-5-6-12-20-16/h5-13H,4H2,1-3H3,(H2,19,22)/b21-13+. The molecule has 2 aromatic rings. The molecule has 0 saturated heterocycles. The summed E-state index contributed by atoms with van der Waals surface area (Å²) in [5.41, 5.74) is 8.97. The maximum atomic E-state index is 5.83. The number of nitrogens with two attached hydrogens (primary N) is 1. The second-order valence-corrected chi connectivity index (χ2v) is 5.80. The van der Waals surface area contributed by atoms with E-state index in [2.05, 4.69) is 48.1 Å². The van der Waals surface area contributed by atoms with E-state index < -0.39 is 0 Å². The molecule has 114 valence electrons. The minimum absolute atomic E-state index is 0.192. The summed E-state index contributed by atoms with van der Waals surface area (Å²) in [6, 6.07) is 13.9. The number of aromatic nitrogens is 1. The summed E-state index contributed by atoms with van der Waals surface area (Å²) in [6.07, 6.45) is 4.47. The van der Waals surface area contributed by atoms with E-state index in [1.165, 1.54) is 5.56 Å². The van der Waals surface area contributed by atoms with Crippen LogP contribution >= 0.6 is 0 Å². The molecule has 0 aliphatic heterocycles. The lowest BCUT2D eigenvalue weighted by atomic mass is 9.82. The van der Waals surface area contributed by atoms with Crippen molar-refractivity contribution >= 4 is 12.1 Å². The Morgan fingerprint density at radius 2 is 1.91 bits per heavy atom. The maximum Gasteiger partial charge on any atom is 0.171 e. The monoisotopic (exact) mass is 294 g/mol. The fourth-order valence-corrected chi connectivity index (χ4v) is 1.95. The smallest absolute Gasteiger partial charge is 0.171 e. The van der Waals surface area contributed by atoms with E-state index in [9.17, 15) is 0 Å². The molecule has 2 N–H and O–H groups in total. The van der Waals surface area contributed by atoms with E-state index in [-0.39, 0.29) is 5.41 Å². The molecular weight excluding hydrogens is 272 g/mol. The number of nitrogens with zero attached hydrogens (tertiary/aromatic N) is 3. The lowest BCUT2D eigenvalue weighted by Crippen LogP contribution is -2.15. The van der Waals surface area contributed by atoms with Crippen molar-refractivity contribution in [3.8, 4) is 0 Å². The van der Waals surface area contributed by atoms with Crippen LogP contribution in [0.1, 0.15) is 44.0 Å². The number of benzene rings is 1. The van der Waals surface area contributed by atoms with E-state index in [4.69, 9.17) is 5.73 Å². The van der Waals surface area contributed by atoms with E-state index in [0.29, 0.717) is 11.5 Å². The predicted octanol–water partition coefficient (Wildman–Crippen LogP) is 3.51. The quantitative estimate of drug-likeness (QED) is 0.521. The average Bonchev–Trinajstić information content (AvgIpc) is 2.56. The van der Waals surface area contributed by atoms with Gasteiger partial charge in [0.2, 0.25) is 0 Å².